The minimum atomic E-state index is -0.417. The first-order valence-corrected chi connectivity index (χ1v) is 4.03. The van der Waals surface area contributed by atoms with E-state index in [0.29, 0.717) is 6.54 Å². The van der Waals surface area contributed by atoms with E-state index in [2.05, 4.69) is 5.32 Å². The molecule has 0 aromatic rings. The molecule has 0 atom stereocenters. The first-order valence-electron chi connectivity index (χ1n) is 4.03. The average Bonchev–Trinajstić information content (AvgIpc) is 1.84. The maximum atomic E-state index is 11.0. The number of carbonyl (C=O) groups is 1. The van der Waals surface area contributed by atoms with E-state index < -0.39 is 5.60 Å². The van der Waals surface area contributed by atoms with Gasteiger partial charge in [0, 0.05) is 6.54 Å². The summed E-state index contributed by atoms with van der Waals surface area (Å²) in [6.45, 7) is 7.93. The molecule has 0 aliphatic rings. The summed E-state index contributed by atoms with van der Waals surface area (Å²) in [6.07, 6.45) is 3.35. The SMILES string of the molecule is C/C=C/CNC(=O)OC(C)(C)C. The Morgan fingerprint density at radius 3 is 2.50 bits per heavy atom. The first-order chi connectivity index (χ1) is 5.45. The maximum Gasteiger partial charge on any atom is 0.407 e. The van der Waals surface area contributed by atoms with Crippen LogP contribution >= 0.6 is 0 Å². The highest BCUT2D eigenvalue weighted by Crippen LogP contribution is 2.05. The Hall–Kier alpha value is -0.990. The van der Waals surface area contributed by atoms with Gasteiger partial charge in [-0.1, -0.05) is 12.2 Å². The number of alkyl carbamates (subject to hydrolysis) is 1. The van der Waals surface area contributed by atoms with Gasteiger partial charge < -0.3 is 10.1 Å². The Morgan fingerprint density at radius 1 is 1.50 bits per heavy atom. The Labute approximate surface area is 73.8 Å². The highest BCUT2D eigenvalue weighted by Gasteiger charge is 2.14. The van der Waals surface area contributed by atoms with Gasteiger partial charge in [-0.15, -0.1) is 0 Å². The van der Waals surface area contributed by atoms with Crippen molar-refractivity contribution in [1.82, 2.24) is 5.32 Å². The second kappa shape index (κ2) is 4.80. The molecule has 0 aromatic heterocycles. The second-order valence-electron chi connectivity index (χ2n) is 3.45. The van der Waals surface area contributed by atoms with Crippen molar-refractivity contribution in [3.8, 4) is 0 Å². The van der Waals surface area contributed by atoms with Crippen molar-refractivity contribution in [2.24, 2.45) is 0 Å². The second-order valence-corrected chi connectivity index (χ2v) is 3.45. The molecule has 0 bridgehead atoms. The minimum absolute atomic E-state index is 0.374. The molecule has 0 spiro atoms. The summed E-state index contributed by atoms with van der Waals surface area (Å²) in [5.74, 6) is 0. The highest BCUT2D eigenvalue weighted by molar-refractivity contribution is 5.67. The molecule has 1 amide bonds. The Kier molecular flexibility index (Phi) is 4.40. The van der Waals surface area contributed by atoms with E-state index >= 15 is 0 Å². The quantitative estimate of drug-likeness (QED) is 0.646. The van der Waals surface area contributed by atoms with Crippen LogP contribution in [0, 0.1) is 0 Å². The zero-order valence-electron chi connectivity index (χ0n) is 8.18. The fourth-order valence-electron chi connectivity index (χ4n) is 0.574. The van der Waals surface area contributed by atoms with E-state index in [-0.39, 0.29) is 6.09 Å². The molecule has 1 N–H and O–H groups in total. The lowest BCUT2D eigenvalue weighted by Crippen LogP contribution is -2.32. The van der Waals surface area contributed by atoms with Gasteiger partial charge in [-0.2, -0.15) is 0 Å². The van der Waals surface area contributed by atoms with Gasteiger partial charge in [0.25, 0.3) is 0 Å². The number of carbonyl (C=O) groups excluding carboxylic acids is 1. The molecule has 0 aliphatic carbocycles. The summed E-state index contributed by atoms with van der Waals surface area (Å²) in [5.41, 5.74) is -0.417. The van der Waals surface area contributed by atoms with Crippen molar-refractivity contribution in [3.05, 3.63) is 12.2 Å². The van der Waals surface area contributed by atoms with Crippen LogP contribution in [0.5, 0.6) is 0 Å². The standard InChI is InChI=1S/C9H17NO2/c1-5-6-7-10-8(11)12-9(2,3)4/h5-6H,7H2,1-4H3,(H,10,11)/b6-5+. The van der Waals surface area contributed by atoms with Crippen LogP contribution in [0.25, 0.3) is 0 Å². The lowest BCUT2D eigenvalue weighted by atomic mass is 10.2. The van der Waals surface area contributed by atoms with Crippen molar-refractivity contribution >= 4 is 6.09 Å². The van der Waals surface area contributed by atoms with Gasteiger partial charge in [0.2, 0.25) is 0 Å². The zero-order valence-corrected chi connectivity index (χ0v) is 8.18. The van der Waals surface area contributed by atoms with Crippen molar-refractivity contribution in [2.45, 2.75) is 33.3 Å². The van der Waals surface area contributed by atoms with E-state index in [9.17, 15) is 4.79 Å². The summed E-state index contributed by atoms with van der Waals surface area (Å²) in [5, 5.41) is 2.59. The van der Waals surface area contributed by atoms with Crippen LogP contribution < -0.4 is 5.32 Å². The van der Waals surface area contributed by atoms with Gasteiger partial charge >= 0.3 is 6.09 Å². The molecule has 0 rings (SSSR count). The fraction of sp³-hybridized carbons (Fsp3) is 0.667. The molecule has 3 nitrogen and oxygen atoms in total. The van der Waals surface area contributed by atoms with Crippen molar-refractivity contribution < 1.29 is 9.53 Å². The Balaban J connectivity index is 3.61. The molecule has 0 radical (unpaired) electrons. The third-order valence-electron chi connectivity index (χ3n) is 0.999. The number of amides is 1. The van der Waals surface area contributed by atoms with Crippen molar-refractivity contribution in [3.63, 3.8) is 0 Å². The van der Waals surface area contributed by atoms with Crippen LogP contribution in [0.4, 0.5) is 4.79 Å². The summed E-state index contributed by atoms with van der Waals surface area (Å²) in [7, 11) is 0. The fourth-order valence-corrected chi connectivity index (χ4v) is 0.574. The number of hydrogen-bond donors (Lipinski definition) is 1. The van der Waals surface area contributed by atoms with Crippen LogP contribution in [-0.4, -0.2) is 18.2 Å². The molecular formula is C9H17NO2. The molecule has 3 heteroatoms. The molecule has 0 heterocycles. The highest BCUT2D eigenvalue weighted by atomic mass is 16.6. The molecule has 0 aliphatic heterocycles. The number of allylic oxidation sites excluding steroid dienone is 1. The van der Waals surface area contributed by atoms with Crippen LogP contribution in [0.15, 0.2) is 12.2 Å². The molecule has 12 heavy (non-hydrogen) atoms. The summed E-state index contributed by atoms with van der Waals surface area (Å²) >= 11 is 0. The molecule has 0 saturated heterocycles. The monoisotopic (exact) mass is 171 g/mol. The van der Waals surface area contributed by atoms with Gasteiger partial charge in [-0.05, 0) is 27.7 Å². The molecule has 70 valence electrons. The van der Waals surface area contributed by atoms with E-state index in [1.165, 1.54) is 0 Å². The van der Waals surface area contributed by atoms with Gasteiger partial charge in [0.15, 0.2) is 0 Å². The minimum Gasteiger partial charge on any atom is -0.444 e. The van der Waals surface area contributed by atoms with Crippen molar-refractivity contribution in [1.29, 1.82) is 0 Å². The summed E-state index contributed by atoms with van der Waals surface area (Å²) in [6, 6.07) is 0. The van der Waals surface area contributed by atoms with Gasteiger partial charge in [-0.3, -0.25) is 0 Å². The van der Waals surface area contributed by atoms with Gasteiger partial charge in [0.1, 0.15) is 5.60 Å². The normalized spacial score (nSPS) is 11.7. The maximum absolute atomic E-state index is 11.0. The molecule has 0 saturated carbocycles. The van der Waals surface area contributed by atoms with Crippen LogP contribution in [0.2, 0.25) is 0 Å². The lowest BCUT2D eigenvalue weighted by Gasteiger charge is -2.19. The topological polar surface area (TPSA) is 38.3 Å². The summed E-state index contributed by atoms with van der Waals surface area (Å²) in [4.78, 5) is 11.0. The van der Waals surface area contributed by atoms with Crippen LogP contribution in [0.3, 0.4) is 0 Å². The smallest absolute Gasteiger partial charge is 0.407 e. The first kappa shape index (κ1) is 11.0. The Bertz CT molecular complexity index is 168. The number of hydrogen-bond acceptors (Lipinski definition) is 2. The van der Waals surface area contributed by atoms with Crippen molar-refractivity contribution in [2.75, 3.05) is 6.54 Å². The molecule has 0 fully saturated rings. The number of rotatable bonds is 2. The van der Waals surface area contributed by atoms with Gasteiger partial charge in [0.05, 0.1) is 0 Å². The molecular weight excluding hydrogens is 154 g/mol. The van der Waals surface area contributed by atoms with Gasteiger partial charge in [-0.25, -0.2) is 4.79 Å². The summed E-state index contributed by atoms with van der Waals surface area (Å²) < 4.78 is 5.00. The largest absolute Gasteiger partial charge is 0.444 e. The number of ether oxygens (including phenoxy) is 1. The predicted molar refractivity (Wildman–Crippen MR) is 49.1 cm³/mol. The van der Waals surface area contributed by atoms with E-state index in [4.69, 9.17) is 4.74 Å². The van der Waals surface area contributed by atoms with E-state index in [1.54, 1.807) is 0 Å². The van der Waals surface area contributed by atoms with E-state index in [1.807, 2.05) is 39.8 Å². The molecule has 0 aromatic carbocycles. The van der Waals surface area contributed by atoms with Crippen LogP contribution in [0.1, 0.15) is 27.7 Å². The Morgan fingerprint density at radius 2 is 2.08 bits per heavy atom. The third-order valence-corrected chi connectivity index (χ3v) is 0.999. The third kappa shape index (κ3) is 7.12. The lowest BCUT2D eigenvalue weighted by molar-refractivity contribution is 0.0534. The van der Waals surface area contributed by atoms with Crippen LogP contribution in [-0.2, 0) is 4.74 Å². The number of nitrogens with one attached hydrogen (secondary N) is 1. The predicted octanol–water partition coefficient (Wildman–Crippen LogP) is 2.09. The zero-order chi connectivity index (χ0) is 9.61. The molecule has 0 unspecified atom stereocenters. The van der Waals surface area contributed by atoms with E-state index in [0.717, 1.165) is 0 Å². The average molecular weight is 171 g/mol.